The zero-order valence-corrected chi connectivity index (χ0v) is 11.2. The van der Waals surface area contributed by atoms with Crippen molar-refractivity contribution < 1.29 is 4.74 Å². The van der Waals surface area contributed by atoms with Crippen LogP contribution in [0.1, 0.15) is 28.7 Å². The molecule has 2 nitrogen and oxygen atoms in total. The van der Waals surface area contributed by atoms with E-state index in [1.165, 1.54) is 28.7 Å². The van der Waals surface area contributed by atoms with Crippen LogP contribution in [-0.4, -0.2) is 19.7 Å². The number of ether oxygens (including phenoxy) is 1. The van der Waals surface area contributed by atoms with E-state index in [2.05, 4.69) is 38.2 Å². The van der Waals surface area contributed by atoms with E-state index in [-0.39, 0.29) is 0 Å². The fourth-order valence-electron chi connectivity index (χ4n) is 2.62. The fourth-order valence-corrected chi connectivity index (χ4v) is 2.62. The van der Waals surface area contributed by atoms with Crippen LogP contribution in [0, 0.1) is 26.7 Å². The Morgan fingerprint density at radius 2 is 1.94 bits per heavy atom. The maximum Gasteiger partial charge on any atom is 0.0722 e. The van der Waals surface area contributed by atoms with E-state index in [1.54, 1.807) is 0 Å². The Kier molecular flexibility index (Phi) is 4.19. The highest BCUT2D eigenvalue weighted by Crippen LogP contribution is 2.18. The third kappa shape index (κ3) is 3.30. The van der Waals surface area contributed by atoms with Crippen LogP contribution in [0.15, 0.2) is 12.1 Å². The zero-order valence-electron chi connectivity index (χ0n) is 11.2. The van der Waals surface area contributed by atoms with Crippen molar-refractivity contribution in [3.05, 3.63) is 34.4 Å². The van der Waals surface area contributed by atoms with E-state index < -0.39 is 0 Å². The van der Waals surface area contributed by atoms with Crippen LogP contribution in [0.4, 0.5) is 0 Å². The molecule has 1 saturated heterocycles. The molecular formula is C15H23NO. The highest BCUT2D eigenvalue weighted by atomic mass is 16.5. The van der Waals surface area contributed by atoms with Crippen LogP contribution in [0.2, 0.25) is 0 Å². The zero-order chi connectivity index (χ0) is 12.3. The molecule has 0 spiro atoms. The second-order valence-electron chi connectivity index (χ2n) is 5.25. The van der Waals surface area contributed by atoms with E-state index in [0.717, 1.165) is 26.3 Å². The summed E-state index contributed by atoms with van der Waals surface area (Å²) in [6.45, 7) is 10.4. The lowest BCUT2D eigenvalue weighted by Crippen LogP contribution is -2.14. The van der Waals surface area contributed by atoms with Gasteiger partial charge in [-0.2, -0.15) is 0 Å². The Morgan fingerprint density at radius 1 is 1.24 bits per heavy atom. The molecule has 2 heteroatoms. The molecular weight excluding hydrogens is 210 g/mol. The van der Waals surface area contributed by atoms with Gasteiger partial charge < -0.3 is 10.1 Å². The average Bonchev–Trinajstić information content (AvgIpc) is 2.74. The van der Waals surface area contributed by atoms with Gasteiger partial charge in [0.05, 0.1) is 13.2 Å². The van der Waals surface area contributed by atoms with Crippen molar-refractivity contribution >= 4 is 0 Å². The molecule has 1 aliphatic heterocycles. The van der Waals surface area contributed by atoms with Gasteiger partial charge in [-0.05, 0) is 56.3 Å². The minimum absolute atomic E-state index is 0.709. The summed E-state index contributed by atoms with van der Waals surface area (Å²) in [7, 11) is 0. The third-order valence-corrected chi connectivity index (χ3v) is 3.60. The van der Waals surface area contributed by atoms with E-state index in [1.807, 2.05) is 0 Å². The molecule has 1 aliphatic rings. The van der Waals surface area contributed by atoms with Crippen molar-refractivity contribution in [3.63, 3.8) is 0 Å². The predicted molar refractivity (Wildman–Crippen MR) is 71.3 cm³/mol. The largest absolute Gasteiger partial charge is 0.376 e. The number of aryl methyl sites for hydroxylation is 3. The molecule has 2 rings (SSSR count). The lowest BCUT2D eigenvalue weighted by molar-refractivity contribution is 0.0918. The van der Waals surface area contributed by atoms with E-state index in [9.17, 15) is 0 Å². The molecule has 1 N–H and O–H groups in total. The van der Waals surface area contributed by atoms with Crippen LogP contribution >= 0.6 is 0 Å². The summed E-state index contributed by atoms with van der Waals surface area (Å²) < 4.78 is 5.87. The number of nitrogens with one attached hydrogen (secondary N) is 1. The van der Waals surface area contributed by atoms with Crippen molar-refractivity contribution in [2.75, 3.05) is 19.7 Å². The first-order valence-electron chi connectivity index (χ1n) is 6.52. The fraction of sp³-hybridized carbons (Fsp3) is 0.600. The first kappa shape index (κ1) is 12.6. The number of hydrogen-bond acceptors (Lipinski definition) is 2. The van der Waals surface area contributed by atoms with Crippen molar-refractivity contribution in [1.29, 1.82) is 0 Å². The van der Waals surface area contributed by atoms with E-state index in [0.29, 0.717) is 5.92 Å². The molecule has 1 aromatic carbocycles. The summed E-state index contributed by atoms with van der Waals surface area (Å²) in [6, 6.07) is 4.48. The van der Waals surface area contributed by atoms with Crippen LogP contribution in [-0.2, 0) is 11.3 Å². The van der Waals surface area contributed by atoms with Gasteiger partial charge in [-0.1, -0.05) is 17.7 Å². The van der Waals surface area contributed by atoms with Gasteiger partial charge >= 0.3 is 0 Å². The summed E-state index contributed by atoms with van der Waals surface area (Å²) in [5, 5.41) is 3.37. The normalized spacial score (nSPS) is 19.8. The van der Waals surface area contributed by atoms with Gasteiger partial charge in [0.1, 0.15) is 0 Å². The third-order valence-electron chi connectivity index (χ3n) is 3.60. The second kappa shape index (κ2) is 5.65. The summed E-state index contributed by atoms with van der Waals surface area (Å²) in [4.78, 5) is 0. The summed E-state index contributed by atoms with van der Waals surface area (Å²) in [6.07, 6.45) is 1.26. The number of rotatable bonds is 4. The second-order valence-corrected chi connectivity index (χ2v) is 5.25. The van der Waals surface area contributed by atoms with Crippen LogP contribution < -0.4 is 5.32 Å². The van der Waals surface area contributed by atoms with Crippen LogP contribution in [0.3, 0.4) is 0 Å². The van der Waals surface area contributed by atoms with Gasteiger partial charge in [0, 0.05) is 6.54 Å². The molecule has 1 aromatic rings. The minimum Gasteiger partial charge on any atom is -0.376 e. The molecule has 0 amide bonds. The van der Waals surface area contributed by atoms with Gasteiger partial charge in [-0.3, -0.25) is 0 Å². The first-order chi connectivity index (χ1) is 8.16. The van der Waals surface area contributed by atoms with Gasteiger partial charge in [-0.25, -0.2) is 0 Å². The Labute approximate surface area is 104 Å². The Morgan fingerprint density at radius 3 is 2.53 bits per heavy atom. The van der Waals surface area contributed by atoms with Gasteiger partial charge in [0.2, 0.25) is 0 Å². The molecule has 1 atom stereocenters. The number of hydrogen-bond donors (Lipinski definition) is 1. The summed E-state index contributed by atoms with van der Waals surface area (Å²) in [5.74, 6) is 0.709. The van der Waals surface area contributed by atoms with Crippen molar-refractivity contribution in [2.45, 2.75) is 33.8 Å². The highest BCUT2D eigenvalue weighted by molar-refractivity contribution is 5.36. The van der Waals surface area contributed by atoms with E-state index in [4.69, 9.17) is 4.74 Å². The summed E-state index contributed by atoms with van der Waals surface area (Å²) in [5.41, 5.74) is 5.41. The lowest BCUT2D eigenvalue weighted by atomic mass is 10.0. The van der Waals surface area contributed by atoms with Crippen molar-refractivity contribution in [2.24, 2.45) is 5.92 Å². The predicted octanol–water partition coefficient (Wildman–Crippen LogP) is 2.74. The Bertz CT molecular complexity index is 358. The van der Waals surface area contributed by atoms with Gasteiger partial charge in [0.25, 0.3) is 0 Å². The lowest BCUT2D eigenvalue weighted by Gasteiger charge is -2.14. The molecule has 17 heavy (non-hydrogen) atoms. The molecule has 0 bridgehead atoms. The molecule has 0 radical (unpaired) electrons. The maximum absolute atomic E-state index is 5.87. The van der Waals surface area contributed by atoms with E-state index >= 15 is 0 Å². The minimum atomic E-state index is 0.709. The molecule has 1 unspecified atom stereocenters. The van der Waals surface area contributed by atoms with Crippen LogP contribution in [0.25, 0.3) is 0 Å². The average molecular weight is 233 g/mol. The SMILES string of the molecule is Cc1cc(C)c(COCC2CCNC2)c(C)c1. The molecule has 0 aromatic heterocycles. The molecule has 0 aliphatic carbocycles. The molecule has 94 valence electrons. The van der Waals surface area contributed by atoms with Crippen molar-refractivity contribution in [3.8, 4) is 0 Å². The quantitative estimate of drug-likeness (QED) is 0.863. The Balaban J connectivity index is 1.89. The van der Waals surface area contributed by atoms with Gasteiger partial charge in [-0.15, -0.1) is 0 Å². The summed E-state index contributed by atoms with van der Waals surface area (Å²) >= 11 is 0. The van der Waals surface area contributed by atoms with Crippen molar-refractivity contribution in [1.82, 2.24) is 5.32 Å². The first-order valence-corrected chi connectivity index (χ1v) is 6.52. The molecule has 1 heterocycles. The standard InChI is InChI=1S/C15H23NO/c1-11-6-12(2)15(13(3)7-11)10-17-9-14-4-5-16-8-14/h6-7,14,16H,4-5,8-10H2,1-3H3. The molecule has 1 fully saturated rings. The highest BCUT2D eigenvalue weighted by Gasteiger charge is 2.14. The number of benzene rings is 1. The Hall–Kier alpha value is -0.860. The monoisotopic (exact) mass is 233 g/mol. The smallest absolute Gasteiger partial charge is 0.0722 e. The topological polar surface area (TPSA) is 21.3 Å². The maximum atomic E-state index is 5.87. The molecule has 0 saturated carbocycles. The van der Waals surface area contributed by atoms with Crippen LogP contribution in [0.5, 0.6) is 0 Å². The van der Waals surface area contributed by atoms with Gasteiger partial charge in [0.15, 0.2) is 0 Å².